The van der Waals surface area contributed by atoms with E-state index in [9.17, 15) is 15.0 Å². The number of phenolic OH excluding ortho intramolecular Hbond substituents is 2. The molecule has 0 unspecified atom stereocenters. The third-order valence-electron chi connectivity index (χ3n) is 3.42. The number of aromatic hydroxyl groups is 2. The van der Waals surface area contributed by atoms with Crippen LogP contribution in [-0.2, 0) is 0 Å². The van der Waals surface area contributed by atoms with Crippen molar-refractivity contribution in [1.82, 2.24) is 5.43 Å². The Kier molecular flexibility index (Phi) is 3.93. The summed E-state index contributed by atoms with van der Waals surface area (Å²) in [7, 11) is 0. The van der Waals surface area contributed by atoms with Crippen LogP contribution in [0.15, 0.2) is 65.8 Å². The van der Waals surface area contributed by atoms with E-state index in [1.165, 1.54) is 18.3 Å². The van der Waals surface area contributed by atoms with Gasteiger partial charge in [-0.2, -0.15) is 5.10 Å². The van der Waals surface area contributed by atoms with Crippen LogP contribution in [-0.4, -0.2) is 22.3 Å². The molecule has 0 aliphatic heterocycles. The van der Waals surface area contributed by atoms with Gasteiger partial charge in [0.05, 0.1) is 11.8 Å². The van der Waals surface area contributed by atoms with Gasteiger partial charge in [0.1, 0.15) is 11.5 Å². The Hall–Kier alpha value is -3.34. The number of nitrogens with one attached hydrogen (secondary N) is 1. The number of benzene rings is 3. The van der Waals surface area contributed by atoms with Crippen LogP contribution in [0, 0.1) is 0 Å². The number of carbonyl (C=O) groups excluding carboxylic acids is 1. The van der Waals surface area contributed by atoms with Gasteiger partial charge in [0.25, 0.3) is 5.91 Å². The third kappa shape index (κ3) is 3.13. The molecule has 0 heterocycles. The molecule has 3 aromatic carbocycles. The highest BCUT2D eigenvalue weighted by molar-refractivity contribution is 6.01. The maximum atomic E-state index is 12.1. The van der Waals surface area contributed by atoms with Crippen LogP contribution in [0.1, 0.15) is 15.9 Å². The van der Waals surface area contributed by atoms with Crippen molar-refractivity contribution < 1.29 is 15.0 Å². The molecule has 3 rings (SSSR count). The molecule has 5 heteroatoms. The Morgan fingerprint density at radius 3 is 2.30 bits per heavy atom. The van der Waals surface area contributed by atoms with Gasteiger partial charge >= 0.3 is 0 Å². The predicted octanol–water partition coefficient (Wildman–Crippen LogP) is 3.01. The first-order valence-electron chi connectivity index (χ1n) is 6.98. The SMILES string of the molecule is O=C(N/N=C\c1ccccc1O)c1cc2ccccc2cc1O. The number of para-hydroxylation sites is 1. The molecule has 0 aromatic heterocycles. The van der Waals surface area contributed by atoms with Gasteiger partial charge in [-0.05, 0) is 35.0 Å². The van der Waals surface area contributed by atoms with E-state index in [1.54, 1.807) is 24.3 Å². The summed E-state index contributed by atoms with van der Waals surface area (Å²) in [5.74, 6) is -0.571. The molecule has 114 valence electrons. The number of hydrogen-bond acceptors (Lipinski definition) is 4. The van der Waals surface area contributed by atoms with Crippen LogP contribution < -0.4 is 5.43 Å². The van der Waals surface area contributed by atoms with E-state index < -0.39 is 5.91 Å². The van der Waals surface area contributed by atoms with Crippen LogP contribution >= 0.6 is 0 Å². The standard InChI is InChI=1S/C18H14N2O3/c21-16-8-4-3-7-14(16)11-19-20-18(23)15-9-12-5-1-2-6-13(12)10-17(15)22/h1-11,21-22H,(H,20,23)/b19-11-. The molecule has 1 amide bonds. The molecule has 0 saturated heterocycles. The topological polar surface area (TPSA) is 81.9 Å². The van der Waals surface area contributed by atoms with E-state index in [4.69, 9.17) is 0 Å². The normalized spacial score (nSPS) is 11.0. The maximum absolute atomic E-state index is 12.1. The van der Waals surface area contributed by atoms with Crippen molar-refractivity contribution in [2.75, 3.05) is 0 Å². The van der Waals surface area contributed by atoms with E-state index in [1.807, 2.05) is 24.3 Å². The first kappa shape index (κ1) is 14.6. The second-order valence-electron chi connectivity index (χ2n) is 4.97. The first-order chi connectivity index (χ1) is 11.1. The van der Waals surface area contributed by atoms with Crippen molar-refractivity contribution in [2.24, 2.45) is 5.10 Å². The highest BCUT2D eigenvalue weighted by atomic mass is 16.3. The number of carbonyl (C=O) groups is 1. The van der Waals surface area contributed by atoms with Gasteiger partial charge in [0.15, 0.2) is 0 Å². The zero-order valence-corrected chi connectivity index (χ0v) is 12.1. The van der Waals surface area contributed by atoms with Gasteiger partial charge in [0, 0.05) is 5.56 Å². The van der Waals surface area contributed by atoms with Gasteiger partial charge in [-0.1, -0.05) is 36.4 Å². The van der Waals surface area contributed by atoms with Crippen molar-refractivity contribution >= 4 is 22.9 Å². The van der Waals surface area contributed by atoms with Crippen LogP contribution in [0.25, 0.3) is 10.8 Å². The van der Waals surface area contributed by atoms with Gasteiger partial charge in [-0.3, -0.25) is 4.79 Å². The van der Waals surface area contributed by atoms with Crippen molar-refractivity contribution in [3.63, 3.8) is 0 Å². The fourth-order valence-corrected chi connectivity index (χ4v) is 2.23. The molecule has 3 aromatic rings. The second kappa shape index (κ2) is 6.19. The fourth-order valence-electron chi connectivity index (χ4n) is 2.23. The van der Waals surface area contributed by atoms with Gasteiger partial charge in [0.2, 0.25) is 0 Å². The van der Waals surface area contributed by atoms with Gasteiger partial charge < -0.3 is 10.2 Å². The summed E-state index contributed by atoms with van der Waals surface area (Å²) in [6.07, 6.45) is 1.34. The highest BCUT2D eigenvalue weighted by Crippen LogP contribution is 2.24. The number of phenols is 2. The summed E-state index contributed by atoms with van der Waals surface area (Å²) in [4.78, 5) is 12.1. The Morgan fingerprint density at radius 1 is 0.913 bits per heavy atom. The number of hydrazone groups is 1. The number of rotatable bonds is 3. The lowest BCUT2D eigenvalue weighted by Crippen LogP contribution is -2.17. The summed E-state index contributed by atoms with van der Waals surface area (Å²) in [6.45, 7) is 0. The van der Waals surface area contributed by atoms with Gasteiger partial charge in [-0.15, -0.1) is 0 Å². The van der Waals surface area contributed by atoms with Crippen LogP contribution in [0.4, 0.5) is 0 Å². The van der Waals surface area contributed by atoms with Crippen LogP contribution in [0.5, 0.6) is 11.5 Å². The van der Waals surface area contributed by atoms with E-state index in [-0.39, 0.29) is 17.1 Å². The number of fused-ring (bicyclic) bond motifs is 1. The molecule has 0 bridgehead atoms. The predicted molar refractivity (Wildman–Crippen MR) is 88.8 cm³/mol. The van der Waals surface area contributed by atoms with Crippen molar-refractivity contribution in [1.29, 1.82) is 0 Å². The van der Waals surface area contributed by atoms with E-state index in [2.05, 4.69) is 10.5 Å². The molecule has 0 fully saturated rings. The lowest BCUT2D eigenvalue weighted by molar-refractivity contribution is 0.0952. The van der Waals surface area contributed by atoms with Gasteiger partial charge in [-0.25, -0.2) is 5.43 Å². The summed E-state index contributed by atoms with van der Waals surface area (Å²) < 4.78 is 0. The molecule has 23 heavy (non-hydrogen) atoms. The molecular weight excluding hydrogens is 292 g/mol. The fraction of sp³-hybridized carbons (Fsp3) is 0. The van der Waals surface area contributed by atoms with Crippen LogP contribution in [0.3, 0.4) is 0 Å². The smallest absolute Gasteiger partial charge is 0.275 e. The van der Waals surface area contributed by atoms with E-state index in [0.717, 1.165) is 10.8 Å². The molecule has 0 aliphatic rings. The maximum Gasteiger partial charge on any atom is 0.275 e. The highest BCUT2D eigenvalue weighted by Gasteiger charge is 2.11. The first-order valence-corrected chi connectivity index (χ1v) is 6.98. The van der Waals surface area contributed by atoms with Crippen LogP contribution in [0.2, 0.25) is 0 Å². The second-order valence-corrected chi connectivity index (χ2v) is 4.97. The minimum atomic E-state index is -0.528. The summed E-state index contributed by atoms with van der Waals surface area (Å²) in [5.41, 5.74) is 2.96. The minimum Gasteiger partial charge on any atom is -0.507 e. The third-order valence-corrected chi connectivity index (χ3v) is 3.42. The molecule has 0 aliphatic carbocycles. The molecule has 0 spiro atoms. The minimum absolute atomic E-state index is 0.0686. The molecule has 5 nitrogen and oxygen atoms in total. The Bertz CT molecular complexity index is 904. The Labute approximate surface area is 132 Å². The van der Waals surface area contributed by atoms with Crippen molar-refractivity contribution in [2.45, 2.75) is 0 Å². The molecule has 0 radical (unpaired) electrons. The Balaban J connectivity index is 1.81. The number of nitrogens with zero attached hydrogens (tertiary/aromatic N) is 1. The molecule has 3 N–H and O–H groups in total. The zero-order chi connectivity index (χ0) is 16.2. The monoisotopic (exact) mass is 306 g/mol. The number of amides is 1. The summed E-state index contributed by atoms with van der Waals surface area (Å²) in [6, 6.07) is 17.2. The molecule has 0 saturated carbocycles. The molecule has 0 atom stereocenters. The number of hydrogen-bond donors (Lipinski definition) is 3. The summed E-state index contributed by atoms with van der Waals surface area (Å²) in [5, 5.41) is 25.1. The van der Waals surface area contributed by atoms with E-state index in [0.29, 0.717) is 5.56 Å². The zero-order valence-electron chi connectivity index (χ0n) is 12.1. The summed E-state index contributed by atoms with van der Waals surface area (Å²) >= 11 is 0. The van der Waals surface area contributed by atoms with Crippen molar-refractivity contribution in [3.8, 4) is 11.5 Å². The van der Waals surface area contributed by atoms with Crippen molar-refractivity contribution in [3.05, 3.63) is 71.8 Å². The Morgan fingerprint density at radius 2 is 1.57 bits per heavy atom. The lowest BCUT2D eigenvalue weighted by atomic mass is 10.1. The average Bonchev–Trinajstić information content (AvgIpc) is 2.56. The van der Waals surface area contributed by atoms with E-state index >= 15 is 0 Å². The quantitative estimate of drug-likeness (QED) is 0.514. The lowest BCUT2D eigenvalue weighted by Gasteiger charge is -2.05. The average molecular weight is 306 g/mol. The molecular formula is C18H14N2O3. The largest absolute Gasteiger partial charge is 0.507 e.